The molecule has 2 aromatic rings. The minimum absolute atomic E-state index is 0.612. The highest BCUT2D eigenvalue weighted by atomic mass is 14.9. The standard InChI is InChI=1S/C11H14N2/c1-8-6-10-9(7-12)4-3-5-11(10)13(8)2/h3-6H,7,12H2,1-2H3. The number of aromatic nitrogens is 1. The highest BCUT2D eigenvalue weighted by Crippen LogP contribution is 2.21. The fraction of sp³-hybridized carbons (Fsp3) is 0.273. The van der Waals surface area contributed by atoms with Crippen LogP contribution in [0.3, 0.4) is 0 Å². The lowest BCUT2D eigenvalue weighted by Crippen LogP contribution is -1.96. The van der Waals surface area contributed by atoms with Gasteiger partial charge in [0.05, 0.1) is 0 Å². The molecule has 2 nitrogen and oxygen atoms in total. The summed E-state index contributed by atoms with van der Waals surface area (Å²) < 4.78 is 2.19. The summed E-state index contributed by atoms with van der Waals surface area (Å²) in [4.78, 5) is 0. The van der Waals surface area contributed by atoms with Crippen LogP contribution in [-0.4, -0.2) is 4.57 Å². The van der Waals surface area contributed by atoms with Gasteiger partial charge in [-0.1, -0.05) is 12.1 Å². The molecule has 0 amide bonds. The van der Waals surface area contributed by atoms with Crippen molar-refractivity contribution in [2.24, 2.45) is 12.8 Å². The molecule has 0 unspecified atom stereocenters. The summed E-state index contributed by atoms with van der Waals surface area (Å²) in [7, 11) is 2.08. The molecule has 0 aliphatic carbocycles. The maximum absolute atomic E-state index is 5.67. The van der Waals surface area contributed by atoms with Crippen LogP contribution in [0.5, 0.6) is 0 Å². The second kappa shape index (κ2) is 2.89. The zero-order valence-electron chi connectivity index (χ0n) is 8.04. The van der Waals surface area contributed by atoms with Crippen molar-refractivity contribution in [1.29, 1.82) is 0 Å². The zero-order valence-corrected chi connectivity index (χ0v) is 8.04. The average molecular weight is 174 g/mol. The van der Waals surface area contributed by atoms with E-state index in [1.807, 2.05) is 0 Å². The number of nitrogens with zero attached hydrogens (tertiary/aromatic N) is 1. The number of rotatable bonds is 1. The lowest BCUT2D eigenvalue weighted by molar-refractivity contribution is 0.918. The van der Waals surface area contributed by atoms with Crippen LogP contribution in [0.4, 0.5) is 0 Å². The van der Waals surface area contributed by atoms with E-state index in [2.05, 4.69) is 42.8 Å². The fourth-order valence-corrected chi connectivity index (χ4v) is 1.73. The Labute approximate surface area is 78.0 Å². The van der Waals surface area contributed by atoms with Crippen molar-refractivity contribution < 1.29 is 0 Å². The van der Waals surface area contributed by atoms with Gasteiger partial charge in [-0.2, -0.15) is 0 Å². The Bertz CT molecular complexity index is 441. The predicted molar refractivity (Wildman–Crippen MR) is 55.5 cm³/mol. The molecule has 1 aromatic heterocycles. The van der Waals surface area contributed by atoms with Crippen molar-refractivity contribution in [3.05, 3.63) is 35.5 Å². The van der Waals surface area contributed by atoms with Gasteiger partial charge in [-0.05, 0) is 24.6 Å². The highest BCUT2D eigenvalue weighted by Gasteiger charge is 2.04. The van der Waals surface area contributed by atoms with Gasteiger partial charge in [0.1, 0.15) is 0 Å². The maximum Gasteiger partial charge on any atom is 0.0483 e. The number of aryl methyl sites for hydroxylation is 2. The smallest absolute Gasteiger partial charge is 0.0483 e. The maximum atomic E-state index is 5.67. The van der Waals surface area contributed by atoms with Crippen molar-refractivity contribution in [3.63, 3.8) is 0 Å². The molecule has 0 bridgehead atoms. The van der Waals surface area contributed by atoms with Crippen LogP contribution >= 0.6 is 0 Å². The van der Waals surface area contributed by atoms with Crippen LogP contribution in [0.1, 0.15) is 11.3 Å². The van der Waals surface area contributed by atoms with E-state index in [1.54, 1.807) is 0 Å². The van der Waals surface area contributed by atoms with E-state index in [1.165, 1.54) is 22.2 Å². The number of hydrogen-bond acceptors (Lipinski definition) is 1. The van der Waals surface area contributed by atoms with Gasteiger partial charge in [-0.3, -0.25) is 0 Å². The molecule has 2 heteroatoms. The molecule has 0 aliphatic heterocycles. The molecule has 0 saturated heterocycles. The first-order valence-corrected chi connectivity index (χ1v) is 4.48. The first kappa shape index (κ1) is 8.32. The minimum Gasteiger partial charge on any atom is -0.348 e. The number of hydrogen-bond donors (Lipinski definition) is 1. The van der Waals surface area contributed by atoms with Crippen molar-refractivity contribution in [3.8, 4) is 0 Å². The molecule has 0 saturated carbocycles. The Balaban J connectivity index is 2.84. The van der Waals surface area contributed by atoms with Gasteiger partial charge in [-0.25, -0.2) is 0 Å². The summed E-state index contributed by atoms with van der Waals surface area (Å²) in [6.07, 6.45) is 0. The second-order valence-electron chi connectivity index (χ2n) is 3.40. The van der Waals surface area contributed by atoms with Gasteiger partial charge in [0.25, 0.3) is 0 Å². The van der Waals surface area contributed by atoms with Crippen LogP contribution in [0.25, 0.3) is 10.9 Å². The van der Waals surface area contributed by atoms with Crippen LogP contribution in [0.2, 0.25) is 0 Å². The van der Waals surface area contributed by atoms with Crippen LogP contribution < -0.4 is 5.73 Å². The first-order chi connectivity index (χ1) is 6.24. The Morgan fingerprint density at radius 3 is 2.85 bits per heavy atom. The molecule has 1 heterocycles. The monoisotopic (exact) mass is 174 g/mol. The Morgan fingerprint density at radius 2 is 2.15 bits per heavy atom. The second-order valence-corrected chi connectivity index (χ2v) is 3.40. The van der Waals surface area contributed by atoms with E-state index >= 15 is 0 Å². The molecule has 1 aromatic carbocycles. The topological polar surface area (TPSA) is 30.9 Å². The van der Waals surface area contributed by atoms with E-state index in [0.29, 0.717) is 6.54 Å². The number of benzene rings is 1. The lowest BCUT2D eigenvalue weighted by Gasteiger charge is -2.00. The summed E-state index contributed by atoms with van der Waals surface area (Å²) in [5.74, 6) is 0. The van der Waals surface area contributed by atoms with Gasteiger partial charge in [0, 0.05) is 30.2 Å². The first-order valence-electron chi connectivity index (χ1n) is 4.48. The lowest BCUT2D eigenvalue weighted by atomic mass is 10.1. The van der Waals surface area contributed by atoms with Gasteiger partial charge < -0.3 is 10.3 Å². The molecule has 0 radical (unpaired) electrons. The SMILES string of the molecule is Cc1cc2c(CN)cccc2n1C. The van der Waals surface area contributed by atoms with E-state index in [-0.39, 0.29) is 0 Å². The number of nitrogens with two attached hydrogens (primary N) is 1. The fourth-order valence-electron chi connectivity index (χ4n) is 1.73. The Kier molecular flexibility index (Phi) is 1.85. The summed E-state index contributed by atoms with van der Waals surface area (Å²) >= 11 is 0. The summed E-state index contributed by atoms with van der Waals surface area (Å²) in [5.41, 5.74) is 9.43. The molecule has 13 heavy (non-hydrogen) atoms. The molecular formula is C11H14N2. The largest absolute Gasteiger partial charge is 0.348 e. The molecule has 0 aliphatic rings. The van der Waals surface area contributed by atoms with Crippen molar-refractivity contribution >= 4 is 10.9 Å². The van der Waals surface area contributed by atoms with Crippen LogP contribution in [-0.2, 0) is 13.6 Å². The molecular weight excluding hydrogens is 160 g/mol. The summed E-state index contributed by atoms with van der Waals surface area (Å²) in [5, 5.41) is 1.28. The van der Waals surface area contributed by atoms with Gasteiger partial charge in [-0.15, -0.1) is 0 Å². The van der Waals surface area contributed by atoms with Crippen LogP contribution in [0.15, 0.2) is 24.3 Å². The molecule has 68 valence electrons. The molecule has 2 rings (SSSR count). The van der Waals surface area contributed by atoms with Gasteiger partial charge in [0.15, 0.2) is 0 Å². The van der Waals surface area contributed by atoms with Gasteiger partial charge in [0.2, 0.25) is 0 Å². The predicted octanol–water partition coefficient (Wildman–Crippen LogP) is 1.95. The van der Waals surface area contributed by atoms with E-state index in [0.717, 1.165) is 0 Å². The number of fused-ring (bicyclic) bond motifs is 1. The minimum atomic E-state index is 0.612. The molecule has 0 spiro atoms. The van der Waals surface area contributed by atoms with Crippen molar-refractivity contribution in [2.75, 3.05) is 0 Å². The quantitative estimate of drug-likeness (QED) is 0.703. The summed E-state index contributed by atoms with van der Waals surface area (Å²) in [6.45, 7) is 2.72. The van der Waals surface area contributed by atoms with E-state index in [9.17, 15) is 0 Å². The van der Waals surface area contributed by atoms with Crippen molar-refractivity contribution in [2.45, 2.75) is 13.5 Å². The molecule has 0 atom stereocenters. The van der Waals surface area contributed by atoms with Crippen molar-refractivity contribution in [1.82, 2.24) is 4.57 Å². The van der Waals surface area contributed by atoms with E-state index in [4.69, 9.17) is 5.73 Å². The Morgan fingerprint density at radius 1 is 1.38 bits per heavy atom. The summed E-state index contributed by atoms with van der Waals surface area (Å²) in [6, 6.07) is 8.46. The van der Waals surface area contributed by atoms with Gasteiger partial charge >= 0.3 is 0 Å². The molecule has 2 N–H and O–H groups in total. The normalized spacial score (nSPS) is 11.0. The average Bonchev–Trinajstić information content (AvgIpc) is 2.43. The third-order valence-electron chi connectivity index (χ3n) is 2.64. The highest BCUT2D eigenvalue weighted by molar-refractivity contribution is 5.84. The third-order valence-corrected chi connectivity index (χ3v) is 2.64. The van der Waals surface area contributed by atoms with Crippen LogP contribution in [0, 0.1) is 6.92 Å². The third kappa shape index (κ3) is 1.14. The Hall–Kier alpha value is -1.28. The molecule has 0 fully saturated rings. The van der Waals surface area contributed by atoms with E-state index < -0.39 is 0 Å². The zero-order chi connectivity index (χ0) is 9.42.